The normalized spacial score (nSPS) is 11.4. The number of carboxylic acid groups (broad SMARTS) is 2. The second kappa shape index (κ2) is 18.7. The number of nitrogens with two attached hydrogens (primary N) is 3. The molecule has 0 saturated carbocycles. The molecule has 12 nitrogen and oxygen atoms in total. The first-order valence-electron chi connectivity index (χ1n) is 14.9. The van der Waals surface area contributed by atoms with Gasteiger partial charge in [0.2, 0.25) is 0 Å². The van der Waals surface area contributed by atoms with Gasteiger partial charge in [0, 0.05) is 31.7 Å². The molecule has 0 unspecified atom stereocenters. The number of rotatable bonds is 14. The molecule has 0 radical (unpaired) electrons. The van der Waals surface area contributed by atoms with Gasteiger partial charge in [-0.15, -0.1) is 0 Å². The molecule has 0 aliphatic rings. The zero-order chi connectivity index (χ0) is 35.9. The van der Waals surface area contributed by atoms with Crippen molar-refractivity contribution in [2.75, 3.05) is 20.2 Å². The number of hydrogen-bond donors (Lipinski definition) is 6. The number of carboxylic acids is 2. The molecule has 2 amide bonds. The lowest BCUT2D eigenvalue weighted by Gasteiger charge is -2.24. The molecular weight excluding hydrogens is 633 g/mol. The average Bonchev–Trinajstić information content (AvgIpc) is 3.04. The third kappa shape index (κ3) is 12.8. The fourth-order valence-electron chi connectivity index (χ4n) is 4.47. The van der Waals surface area contributed by atoms with Gasteiger partial charge in [-0.1, -0.05) is 42.5 Å². The van der Waals surface area contributed by atoms with E-state index in [0.29, 0.717) is 41.8 Å². The standard InChI is InChI=1S/C27H27F3N2O4.C6H14N4O2/c1-3-32(26(35)31-16-18-7-5-4-6-8-18)17-20-15-21(27(28,29)30)10-11-22(20)23-13-19(14-25(33)34)9-12-24(23)36-2;7-4(5(11)12)2-1-3-10-6(8)9/h4-13,15H,3,14,16-17H2,1-2H3,(H,31,35)(H,33,34);4H,1-3,7H2,(H,11,12)(H4,8,9,10)/t;4-/m.0/s1. The SMILES string of the molecule is CCN(Cc1cc(C(F)(F)F)ccc1-c1cc(CC(=O)O)ccc1OC)C(=O)NCc1ccccc1.NC(N)=NCCC[C@H](N)C(=O)O. The number of aliphatic imine (C=N–C) groups is 1. The second-order valence-electron chi connectivity index (χ2n) is 10.5. The quantitative estimate of drug-likeness (QED) is 0.0822. The van der Waals surface area contributed by atoms with Crippen molar-refractivity contribution >= 4 is 23.9 Å². The molecule has 260 valence electrons. The van der Waals surface area contributed by atoms with E-state index in [-0.39, 0.29) is 37.6 Å². The Balaban J connectivity index is 0.000000567. The summed E-state index contributed by atoms with van der Waals surface area (Å²) in [6, 6.07) is 16.1. The monoisotopic (exact) mass is 674 g/mol. The summed E-state index contributed by atoms with van der Waals surface area (Å²) >= 11 is 0. The van der Waals surface area contributed by atoms with Gasteiger partial charge in [0.05, 0.1) is 19.1 Å². The summed E-state index contributed by atoms with van der Waals surface area (Å²) in [4.78, 5) is 39.4. The van der Waals surface area contributed by atoms with Gasteiger partial charge in [-0.2, -0.15) is 13.2 Å². The van der Waals surface area contributed by atoms with Crippen LogP contribution in [0.5, 0.6) is 5.75 Å². The van der Waals surface area contributed by atoms with Crippen LogP contribution >= 0.6 is 0 Å². The molecule has 0 aliphatic heterocycles. The van der Waals surface area contributed by atoms with E-state index in [4.69, 9.17) is 27.0 Å². The van der Waals surface area contributed by atoms with Crippen LogP contribution < -0.4 is 27.3 Å². The molecule has 3 aromatic carbocycles. The highest BCUT2D eigenvalue weighted by atomic mass is 19.4. The Labute approximate surface area is 276 Å². The van der Waals surface area contributed by atoms with Gasteiger partial charge in [0.25, 0.3) is 0 Å². The van der Waals surface area contributed by atoms with Gasteiger partial charge < -0.3 is 42.4 Å². The molecule has 0 fully saturated rings. The van der Waals surface area contributed by atoms with Crippen molar-refractivity contribution in [1.29, 1.82) is 0 Å². The van der Waals surface area contributed by atoms with Crippen LogP contribution in [0.15, 0.2) is 71.7 Å². The maximum atomic E-state index is 13.6. The van der Waals surface area contributed by atoms with Crippen LogP contribution in [0.2, 0.25) is 0 Å². The zero-order valence-corrected chi connectivity index (χ0v) is 26.7. The van der Waals surface area contributed by atoms with Crippen LogP contribution in [0.1, 0.15) is 42.0 Å². The highest BCUT2D eigenvalue weighted by molar-refractivity contribution is 5.79. The van der Waals surface area contributed by atoms with Crippen LogP contribution in [-0.4, -0.2) is 65.3 Å². The molecule has 0 aromatic heterocycles. The largest absolute Gasteiger partial charge is 0.496 e. The third-order valence-electron chi connectivity index (χ3n) is 6.94. The number of hydrogen-bond acceptors (Lipinski definition) is 6. The molecule has 0 aliphatic carbocycles. The van der Waals surface area contributed by atoms with E-state index in [1.807, 2.05) is 30.3 Å². The van der Waals surface area contributed by atoms with Crippen LogP contribution in [0.25, 0.3) is 11.1 Å². The number of urea groups is 1. The summed E-state index contributed by atoms with van der Waals surface area (Å²) in [6.45, 7) is 2.60. The summed E-state index contributed by atoms with van der Waals surface area (Å²) in [7, 11) is 1.43. The van der Waals surface area contributed by atoms with E-state index in [1.54, 1.807) is 25.1 Å². The highest BCUT2D eigenvalue weighted by Crippen LogP contribution is 2.38. The number of benzene rings is 3. The first-order valence-corrected chi connectivity index (χ1v) is 14.9. The molecule has 3 rings (SSSR count). The molecule has 15 heteroatoms. The molecule has 0 spiro atoms. The van der Waals surface area contributed by atoms with E-state index in [2.05, 4.69) is 10.3 Å². The fourth-order valence-corrected chi connectivity index (χ4v) is 4.47. The average molecular weight is 675 g/mol. The summed E-state index contributed by atoms with van der Waals surface area (Å²) in [5, 5.41) is 20.4. The predicted octanol–water partition coefficient (Wildman–Crippen LogP) is 4.19. The summed E-state index contributed by atoms with van der Waals surface area (Å²) in [5.41, 5.74) is 17.0. The molecule has 0 heterocycles. The number of aliphatic carboxylic acids is 2. The number of carbonyl (C=O) groups is 3. The van der Waals surface area contributed by atoms with Gasteiger partial charge in [0.15, 0.2) is 5.96 Å². The number of ether oxygens (including phenoxy) is 1. The Bertz CT molecular complexity index is 1550. The minimum absolute atomic E-state index is 0.0129. The Hall–Kier alpha value is -5.31. The van der Waals surface area contributed by atoms with Gasteiger partial charge in [0.1, 0.15) is 11.8 Å². The van der Waals surface area contributed by atoms with E-state index in [0.717, 1.165) is 17.7 Å². The number of alkyl halides is 3. The molecule has 9 N–H and O–H groups in total. The fraction of sp³-hybridized carbons (Fsp3) is 0.333. The van der Waals surface area contributed by atoms with Crippen molar-refractivity contribution < 1.29 is 42.5 Å². The Morgan fingerprint density at radius 1 is 0.979 bits per heavy atom. The maximum absolute atomic E-state index is 13.6. The van der Waals surface area contributed by atoms with E-state index < -0.39 is 35.8 Å². The number of halogens is 3. The third-order valence-corrected chi connectivity index (χ3v) is 6.94. The lowest BCUT2D eigenvalue weighted by molar-refractivity contribution is -0.139. The lowest BCUT2D eigenvalue weighted by Crippen LogP contribution is -2.39. The molecule has 1 atom stereocenters. The predicted molar refractivity (Wildman–Crippen MR) is 175 cm³/mol. The number of nitrogens with one attached hydrogen (secondary N) is 1. The molecule has 0 saturated heterocycles. The van der Waals surface area contributed by atoms with Gasteiger partial charge in [-0.05, 0) is 66.3 Å². The van der Waals surface area contributed by atoms with Crippen molar-refractivity contribution in [1.82, 2.24) is 10.2 Å². The smallest absolute Gasteiger partial charge is 0.416 e. The van der Waals surface area contributed by atoms with Crippen molar-refractivity contribution in [2.24, 2.45) is 22.2 Å². The van der Waals surface area contributed by atoms with Crippen molar-refractivity contribution in [3.63, 3.8) is 0 Å². The maximum Gasteiger partial charge on any atom is 0.416 e. The minimum atomic E-state index is -4.57. The van der Waals surface area contributed by atoms with Crippen LogP contribution in [-0.2, 0) is 35.3 Å². The van der Waals surface area contributed by atoms with Crippen molar-refractivity contribution in [2.45, 2.75) is 51.5 Å². The Morgan fingerprint density at radius 3 is 2.23 bits per heavy atom. The van der Waals surface area contributed by atoms with Crippen LogP contribution in [0, 0.1) is 0 Å². The summed E-state index contributed by atoms with van der Waals surface area (Å²) in [5.74, 6) is -1.65. The first kappa shape index (κ1) is 38.9. The molecule has 3 aromatic rings. The van der Waals surface area contributed by atoms with Crippen molar-refractivity contribution in [3.05, 3.63) is 89.0 Å². The summed E-state index contributed by atoms with van der Waals surface area (Å²) in [6.07, 6.45) is -3.87. The van der Waals surface area contributed by atoms with E-state index in [9.17, 15) is 32.7 Å². The molecular formula is C33H41F3N6O6. The number of amides is 2. The number of methoxy groups -OCH3 is 1. The van der Waals surface area contributed by atoms with Crippen molar-refractivity contribution in [3.8, 4) is 16.9 Å². The van der Waals surface area contributed by atoms with Crippen LogP contribution in [0.3, 0.4) is 0 Å². The van der Waals surface area contributed by atoms with Gasteiger partial charge in [-0.3, -0.25) is 14.6 Å². The second-order valence-corrected chi connectivity index (χ2v) is 10.5. The first-order chi connectivity index (χ1) is 22.7. The van der Waals surface area contributed by atoms with E-state index >= 15 is 0 Å². The molecule has 0 bridgehead atoms. The lowest BCUT2D eigenvalue weighted by atomic mass is 9.94. The minimum Gasteiger partial charge on any atom is -0.496 e. The highest BCUT2D eigenvalue weighted by Gasteiger charge is 2.31. The van der Waals surface area contributed by atoms with Gasteiger partial charge >= 0.3 is 24.1 Å². The number of guanidine groups is 1. The Kier molecular flexibility index (Phi) is 15.2. The summed E-state index contributed by atoms with van der Waals surface area (Å²) < 4.78 is 46.1. The van der Waals surface area contributed by atoms with Gasteiger partial charge in [-0.25, -0.2) is 4.79 Å². The Morgan fingerprint density at radius 2 is 1.67 bits per heavy atom. The van der Waals surface area contributed by atoms with Crippen LogP contribution in [0.4, 0.5) is 18.0 Å². The van der Waals surface area contributed by atoms with E-state index in [1.165, 1.54) is 18.1 Å². The number of carbonyl (C=O) groups excluding carboxylic acids is 1. The number of nitrogens with zero attached hydrogens (tertiary/aromatic N) is 2. The topological polar surface area (TPSA) is 207 Å². The molecule has 48 heavy (non-hydrogen) atoms. The zero-order valence-electron chi connectivity index (χ0n) is 26.7.